The van der Waals surface area contributed by atoms with Gasteiger partial charge in [-0.1, -0.05) is 338 Å². The monoisotopic (exact) mass is 2070 g/mol. The van der Waals surface area contributed by atoms with Crippen LogP contribution in [0.25, 0.3) is 0 Å². The first-order valence-corrected chi connectivity index (χ1v) is 55.5. The quantitative estimate of drug-likeness (QED) is 0.0155. The fourth-order valence-corrected chi connectivity index (χ4v) is 30.0. The van der Waals surface area contributed by atoms with Gasteiger partial charge in [0, 0.05) is 37.7 Å². The smallest absolute Gasteiger partial charge is 0.412 e. The molecule has 7 heterocycles. The van der Waals surface area contributed by atoms with Crippen LogP contribution in [0.3, 0.4) is 0 Å². The lowest BCUT2D eigenvalue weighted by atomic mass is 9.83. The maximum absolute atomic E-state index is 15.6. The van der Waals surface area contributed by atoms with Crippen molar-refractivity contribution in [2.24, 2.45) is 5.92 Å². The Morgan fingerprint density at radius 3 is 1.43 bits per heavy atom. The van der Waals surface area contributed by atoms with E-state index in [9.17, 15) is 24.3 Å². The van der Waals surface area contributed by atoms with Gasteiger partial charge in [0.15, 0.2) is 43.8 Å². The van der Waals surface area contributed by atoms with Gasteiger partial charge in [-0.05, 0) is 110 Å². The molecule has 7 saturated heterocycles. The number of alkyl carbamates (subject to hydrolysis) is 4. The summed E-state index contributed by atoms with van der Waals surface area (Å²) >= 11 is 0. The zero-order chi connectivity index (χ0) is 103. The van der Waals surface area contributed by atoms with Crippen LogP contribution < -0.4 is 42.0 Å². The van der Waals surface area contributed by atoms with E-state index in [0.717, 1.165) is 35.2 Å². The molecule has 32 nitrogen and oxygen atoms in total. The molecule has 0 aromatic heterocycles. The first-order valence-electron chi connectivity index (χ1n) is 51.7. The van der Waals surface area contributed by atoms with Crippen molar-refractivity contribution in [2.75, 3.05) is 46.1 Å². The molecule has 149 heavy (non-hydrogen) atoms. The highest BCUT2D eigenvalue weighted by atomic mass is 28.4. The molecule has 6 amide bonds. The summed E-state index contributed by atoms with van der Waals surface area (Å²) in [5.74, 6) is -1.24. The van der Waals surface area contributed by atoms with Crippen molar-refractivity contribution in [2.45, 2.75) is 258 Å². The molecule has 34 heteroatoms. The molecule has 7 aliphatic heterocycles. The normalized spacial score (nSPS) is 26.5. The Labute approximate surface area is 870 Å². The first-order chi connectivity index (χ1) is 72.5. The van der Waals surface area contributed by atoms with Crippen LogP contribution in [-0.2, 0) is 118 Å². The van der Waals surface area contributed by atoms with Gasteiger partial charge >= 0.3 is 36.6 Å². The van der Waals surface area contributed by atoms with Crippen LogP contribution in [-0.4, -0.2) is 236 Å². The third kappa shape index (κ3) is 26.3. The highest BCUT2D eigenvalue weighted by Gasteiger charge is 2.64. The number of rotatable bonds is 38. The Kier molecular flexibility index (Phi) is 35.8. The Morgan fingerprint density at radius 2 is 0.919 bits per heavy atom. The van der Waals surface area contributed by atoms with E-state index in [1.165, 1.54) is 9.80 Å². The molecular weight excluding hydrogens is 1940 g/mol. The number of aliphatic hydroxyl groups is 1. The third-order valence-corrected chi connectivity index (χ3v) is 38.6. The van der Waals surface area contributed by atoms with Gasteiger partial charge in [-0.15, -0.1) is 0 Å². The summed E-state index contributed by atoms with van der Waals surface area (Å²) in [7, 11) is -8.04. The molecule has 10 aromatic carbocycles. The van der Waals surface area contributed by atoms with Gasteiger partial charge in [0.25, 0.3) is 16.6 Å². The lowest BCUT2D eigenvalue weighted by Crippen LogP contribution is -2.70. The van der Waals surface area contributed by atoms with Crippen LogP contribution in [0.5, 0.6) is 0 Å². The zero-order valence-corrected chi connectivity index (χ0v) is 86.4. The van der Waals surface area contributed by atoms with Crippen molar-refractivity contribution >= 4 is 73.9 Å². The topological polar surface area (TPSA) is 364 Å². The Bertz CT molecular complexity index is 5830. The summed E-state index contributed by atoms with van der Waals surface area (Å²) in [6.45, 7) is 9.48. The second kappa shape index (κ2) is 50.1. The number of aliphatic hydroxyl groups excluding tert-OH is 1. The molecule has 21 atom stereocenters. The predicted molar refractivity (Wildman–Crippen MR) is 553 cm³/mol. The predicted octanol–water partition coefficient (Wildman–Crippen LogP) is 14.8. The maximum Gasteiger partial charge on any atom is 0.412 e. The molecule has 0 radical (unpaired) electrons. The van der Waals surface area contributed by atoms with Crippen LogP contribution in [0.1, 0.15) is 132 Å². The largest absolute Gasteiger partial charge is 0.445 e. The van der Waals surface area contributed by atoms with Gasteiger partial charge in [0.2, 0.25) is 0 Å². The summed E-state index contributed by atoms with van der Waals surface area (Å²) < 4.78 is 126. The second-order valence-corrected chi connectivity index (χ2v) is 49.0. The number of hydrogen-bond acceptors (Lipinski definition) is 26. The second-order valence-electron chi connectivity index (χ2n) is 40.7. The van der Waals surface area contributed by atoms with Crippen LogP contribution in [0.4, 0.5) is 28.8 Å². The highest BCUT2D eigenvalue weighted by molar-refractivity contribution is 6.99. The van der Waals surface area contributed by atoms with E-state index in [1.807, 2.05) is 257 Å². The Balaban J connectivity index is 0.804. The van der Waals surface area contributed by atoms with Crippen molar-refractivity contribution in [1.82, 2.24) is 31.1 Å². The van der Waals surface area contributed by atoms with Crippen molar-refractivity contribution in [3.63, 3.8) is 0 Å². The minimum atomic E-state index is -4.30. The van der Waals surface area contributed by atoms with Crippen LogP contribution in [0.2, 0.25) is 10.1 Å². The average molecular weight is 2070 g/mol. The zero-order valence-electron chi connectivity index (χ0n) is 84.4. The molecular formula is C115H134N6O26Si2. The molecule has 0 bridgehead atoms. The number of ether oxygens (including phenoxy) is 17. The van der Waals surface area contributed by atoms with Gasteiger partial charge < -0.3 is 121 Å². The van der Waals surface area contributed by atoms with Crippen LogP contribution in [0, 0.1) is 5.92 Å². The average Bonchev–Trinajstić information content (AvgIpc) is 1.73. The molecule has 6 N–H and O–H groups in total. The summed E-state index contributed by atoms with van der Waals surface area (Å²) in [6.07, 6.45) is -23.2. The maximum atomic E-state index is 15.6. The third-order valence-electron chi connectivity index (χ3n) is 29.1. The van der Waals surface area contributed by atoms with Gasteiger partial charge in [-0.3, -0.25) is 4.90 Å². The number of carbonyl (C=O) groups excluding carboxylic acids is 6. The number of fused-ring (bicyclic) bond motifs is 2. The van der Waals surface area contributed by atoms with Crippen molar-refractivity contribution < 1.29 is 124 Å². The molecule has 3 unspecified atom stereocenters. The van der Waals surface area contributed by atoms with E-state index >= 15 is 14.4 Å². The van der Waals surface area contributed by atoms with Crippen molar-refractivity contribution in [3.05, 3.63) is 337 Å². The van der Waals surface area contributed by atoms with Gasteiger partial charge in [-0.2, -0.15) is 0 Å². The molecule has 788 valence electrons. The SMILES string of the molecule is CC(C)(C[C@H]1[C@H](O[C@@H]2[C@H]3OC(=O)N[C@@H]3C[C@H](NC(=O)OCc3ccccc3)[C@H]2O[C@H]2O[C@H](CN(CCOC3CCCCO3)C(=O)OCc3ccccc3)[C@@H](O)C[C@H]2NC(=O)OCc2ccccc2)O[C@H](CO[Si](c2ccccc2)(c2ccccc2)C(C)(C)C)[C@H]1O[C@H]1O[C@H]2CN(C(=O)OCc3ccccc3)C(c3ccccc3)O[C@H]2[C@H](OC2CCCCO2)[C@H]1NC(=O)OCc1ccccc1)[Si](O)(c1ccccc1)c1ccccc1. The minimum Gasteiger partial charge on any atom is -0.445 e. The summed E-state index contributed by atoms with van der Waals surface area (Å²) in [5, 5.41) is 26.3. The molecule has 10 aromatic rings. The number of benzene rings is 10. The molecule has 8 aliphatic rings. The van der Waals surface area contributed by atoms with Gasteiger partial charge in [0.05, 0.1) is 56.6 Å². The van der Waals surface area contributed by atoms with Crippen molar-refractivity contribution in [3.8, 4) is 0 Å². The Morgan fingerprint density at radius 1 is 0.463 bits per heavy atom. The molecule has 0 spiro atoms. The number of hydrogen-bond donors (Lipinski definition) is 6. The summed E-state index contributed by atoms with van der Waals surface area (Å²) in [6, 6.07) is 89.0. The molecule has 1 aliphatic carbocycles. The molecule has 8 fully saturated rings. The van der Waals surface area contributed by atoms with E-state index < -0.39 is 192 Å². The van der Waals surface area contributed by atoms with Crippen LogP contribution in [0.15, 0.2) is 303 Å². The number of amides is 6. The van der Waals surface area contributed by atoms with E-state index in [0.29, 0.717) is 70.7 Å². The summed E-state index contributed by atoms with van der Waals surface area (Å²) in [4.78, 5) is 109. The summed E-state index contributed by atoms with van der Waals surface area (Å²) in [5.41, 5.74) is 3.99. The molecule has 1 saturated carbocycles. The first kappa shape index (κ1) is 107. The Hall–Kier alpha value is -12.3. The number of nitrogens with zero attached hydrogens (tertiary/aromatic N) is 2. The number of nitrogens with one attached hydrogen (secondary N) is 4. The number of carbonyl (C=O) groups is 6. The fourth-order valence-electron chi connectivity index (χ4n) is 21.6. The minimum absolute atomic E-state index is 0.0208. The van der Waals surface area contributed by atoms with E-state index in [2.05, 4.69) is 66.3 Å². The highest BCUT2D eigenvalue weighted by Crippen LogP contribution is 2.51. The van der Waals surface area contributed by atoms with Gasteiger partial charge in [0.1, 0.15) is 81.8 Å². The standard InChI is InChI=1S/C115H134N6O26Si2/c1-114(2,3)149(85-56-32-14-33-57-85,86-58-34-15-35-59-86)138-76-94-98(144-107-97(119-110(125)135-73-79-44-20-8-21-45-79)102(142-96-61-37-39-64-131-96)101-93(140-107)70-121(104(143-101)82-50-26-11-27-51-82)113(128)137-75-81-48-24-10-25-49-81)87(68-115(4,5)148(129,83-52-28-12-29-53-83)84-54-30-13-31-55-84)105(141-94)146-103-99(88(66-89-100(103)147-111(126)117-89)116-108(123)133-71-77-40-16-6-17-41-77)145-106-90(118-109(124)134-72-78-42-18-7-19-43-78)67-91(122)92(139-106)69-120(62-65-132-95-60-36-38-63-130-95)112(127)136-74-80-46-22-9-23-47-80/h6-35,40-59,87-107,122,129H,36-39,60-76H2,1-5H3,(H,116,123)(H,117,126)(H,118,124)(H,119,125)/t87-,88+,89-,90-,91+,92-,93+,94-,95?,96?,97-,98+,99-,100+,101-,102-,103+,104?,105+,106-,107-/m1/s1. The fraction of sp³-hybridized carbons (Fsp3) is 0.426. The van der Waals surface area contributed by atoms with E-state index in [1.54, 1.807) is 36.4 Å². The van der Waals surface area contributed by atoms with Gasteiger partial charge in [-0.25, -0.2) is 28.8 Å². The molecule has 18 rings (SSSR count). The van der Waals surface area contributed by atoms with E-state index in [-0.39, 0.29) is 85.1 Å². The van der Waals surface area contributed by atoms with Crippen molar-refractivity contribution in [1.29, 1.82) is 0 Å². The lowest BCUT2D eigenvalue weighted by Gasteiger charge is -2.53. The van der Waals surface area contributed by atoms with Crippen LogP contribution >= 0.6 is 0 Å². The lowest BCUT2D eigenvalue weighted by molar-refractivity contribution is -0.343. The van der Waals surface area contributed by atoms with E-state index in [4.69, 9.17) is 85.0 Å².